The molecule has 0 spiro atoms. The summed E-state index contributed by atoms with van der Waals surface area (Å²) >= 11 is 0. The quantitative estimate of drug-likeness (QED) is 0.745. The summed E-state index contributed by atoms with van der Waals surface area (Å²) in [5, 5.41) is 8.70. The molecule has 0 aliphatic heterocycles. The highest BCUT2D eigenvalue weighted by Crippen LogP contribution is 2.10. The molecule has 2 nitrogen and oxygen atoms in total. The first-order valence-corrected chi connectivity index (χ1v) is 6.05. The van der Waals surface area contributed by atoms with Gasteiger partial charge in [-0.25, -0.2) is 0 Å². The highest BCUT2D eigenvalue weighted by molar-refractivity contribution is 5.31. The lowest BCUT2D eigenvalue weighted by atomic mass is 10.1. The number of hydrogen-bond donors (Lipinski definition) is 0. The summed E-state index contributed by atoms with van der Waals surface area (Å²) in [5.74, 6) is 0.914. The van der Waals surface area contributed by atoms with E-state index in [-0.39, 0.29) is 0 Å². The third-order valence-corrected chi connectivity index (χ3v) is 2.70. The molecule has 0 bridgehead atoms. The summed E-state index contributed by atoms with van der Waals surface area (Å²) in [5.41, 5.74) is 1.95. The number of aryl methyl sites for hydroxylation is 1. The first-order valence-electron chi connectivity index (χ1n) is 6.05. The second-order valence-corrected chi connectivity index (χ2v) is 4.07. The second kappa shape index (κ2) is 6.46. The van der Waals surface area contributed by atoms with Crippen LogP contribution in [0.1, 0.15) is 17.5 Å². The van der Waals surface area contributed by atoms with Gasteiger partial charge >= 0.3 is 0 Å². The van der Waals surface area contributed by atoms with Gasteiger partial charge in [0.2, 0.25) is 0 Å². The number of para-hydroxylation sites is 1. The van der Waals surface area contributed by atoms with E-state index in [0.717, 1.165) is 18.6 Å². The molecule has 0 fully saturated rings. The lowest BCUT2D eigenvalue weighted by Crippen LogP contribution is -1.99. The summed E-state index contributed by atoms with van der Waals surface area (Å²) in [7, 11) is 0. The molecule has 90 valence electrons. The van der Waals surface area contributed by atoms with Gasteiger partial charge in [-0.05, 0) is 42.7 Å². The SMILES string of the molecule is N#Cc1ccc(CCCOc2ccccc2)cc1. The summed E-state index contributed by atoms with van der Waals surface area (Å²) in [6.07, 6.45) is 1.94. The Kier molecular flexibility index (Phi) is 4.38. The fourth-order valence-electron chi connectivity index (χ4n) is 1.73. The fourth-order valence-corrected chi connectivity index (χ4v) is 1.73. The van der Waals surface area contributed by atoms with Crippen LogP contribution in [0, 0.1) is 11.3 Å². The van der Waals surface area contributed by atoms with Crippen LogP contribution in [-0.2, 0) is 6.42 Å². The molecule has 0 radical (unpaired) electrons. The van der Waals surface area contributed by atoms with Gasteiger partial charge in [0.1, 0.15) is 5.75 Å². The van der Waals surface area contributed by atoms with Crippen LogP contribution in [-0.4, -0.2) is 6.61 Å². The minimum Gasteiger partial charge on any atom is -0.494 e. The molecule has 0 N–H and O–H groups in total. The molecular formula is C16H15NO. The van der Waals surface area contributed by atoms with Crippen LogP contribution in [0.25, 0.3) is 0 Å². The Hall–Kier alpha value is -2.27. The summed E-state index contributed by atoms with van der Waals surface area (Å²) in [6, 6.07) is 19.7. The number of nitriles is 1. The average Bonchev–Trinajstić information content (AvgIpc) is 2.45. The fraction of sp³-hybridized carbons (Fsp3) is 0.188. The summed E-state index contributed by atoms with van der Waals surface area (Å²) < 4.78 is 5.62. The van der Waals surface area contributed by atoms with Crippen molar-refractivity contribution in [2.75, 3.05) is 6.61 Å². The van der Waals surface area contributed by atoms with Gasteiger partial charge in [0.05, 0.1) is 18.2 Å². The number of benzene rings is 2. The minimum absolute atomic E-state index is 0.708. The predicted molar refractivity (Wildman–Crippen MR) is 71.4 cm³/mol. The van der Waals surface area contributed by atoms with Gasteiger partial charge in [-0.1, -0.05) is 30.3 Å². The van der Waals surface area contributed by atoms with Crippen LogP contribution in [0.4, 0.5) is 0 Å². The van der Waals surface area contributed by atoms with Crippen LogP contribution in [0.2, 0.25) is 0 Å². The van der Waals surface area contributed by atoms with Crippen LogP contribution < -0.4 is 4.74 Å². The topological polar surface area (TPSA) is 33.0 Å². The molecule has 2 heteroatoms. The van der Waals surface area contributed by atoms with Crippen molar-refractivity contribution in [1.82, 2.24) is 0 Å². The van der Waals surface area contributed by atoms with Gasteiger partial charge in [-0.3, -0.25) is 0 Å². The molecule has 0 unspecified atom stereocenters. The third-order valence-electron chi connectivity index (χ3n) is 2.70. The van der Waals surface area contributed by atoms with E-state index in [1.165, 1.54) is 5.56 Å². The van der Waals surface area contributed by atoms with Crippen molar-refractivity contribution in [3.63, 3.8) is 0 Å². The van der Waals surface area contributed by atoms with Gasteiger partial charge in [0, 0.05) is 0 Å². The van der Waals surface area contributed by atoms with E-state index in [4.69, 9.17) is 10.00 Å². The first kappa shape index (κ1) is 12.2. The third kappa shape index (κ3) is 3.64. The van der Waals surface area contributed by atoms with E-state index in [9.17, 15) is 0 Å². The Morgan fingerprint density at radius 1 is 0.944 bits per heavy atom. The molecule has 2 aromatic carbocycles. The van der Waals surface area contributed by atoms with Crippen molar-refractivity contribution in [2.45, 2.75) is 12.8 Å². The van der Waals surface area contributed by atoms with E-state index < -0.39 is 0 Å². The van der Waals surface area contributed by atoms with Crippen molar-refractivity contribution in [1.29, 1.82) is 5.26 Å². The zero-order chi connectivity index (χ0) is 12.6. The van der Waals surface area contributed by atoms with Crippen LogP contribution in [0.15, 0.2) is 54.6 Å². The summed E-state index contributed by atoms with van der Waals surface area (Å²) in [4.78, 5) is 0. The smallest absolute Gasteiger partial charge is 0.119 e. The number of hydrogen-bond acceptors (Lipinski definition) is 2. The van der Waals surface area contributed by atoms with Gasteiger partial charge in [-0.15, -0.1) is 0 Å². The van der Waals surface area contributed by atoms with Crippen molar-refractivity contribution in [3.8, 4) is 11.8 Å². The molecule has 0 saturated heterocycles. The molecule has 18 heavy (non-hydrogen) atoms. The average molecular weight is 237 g/mol. The molecule has 0 aromatic heterocycles. The standard InChI is InChI=1S/C16H15NO/c17-13-15-10-8-14(9-11-15)5-4-12-18-16-6-2-1-3-7-16/h1-3,6-11H,4-5,12H2. The molecule has 0 amide bonds. The Labute approximate surface area is 107 Å². The zero-order valence-corrected chi connectivity index (χ0v) is 10.2. The van der Waals surface area contributed by atoms with Crippen LogP contribution >= 0.6 is 0 Å². The summed E-state index contributed by atoms with van der Waals surface area (Å²) in [6.45, 7) is 0.712. The predicted octanol–water partition coefficient (Wildman–Crippen LogP) is 3.57. The van der Waals surface area contributed by atoms with Crippen LogP contribution in [0.3, 0.4) is 0 Å². The lowest BCUT2D eigenvalue weighted by Gasteiger charge is -2.05. The number of ether oxygens (including phenoxy) is 1. The van der Waals surface area contributed by atoms with Gasteiger partial charge in [-0.2, -0.15) is 5.26 Å². The van der Waals surface area contributed by atoms with Crippen molar-refractivity contribution in [2.24, 2.45) is 0 Å². The van der Waals surface area contributed by atoms with E-state index >= 15 is 0 Å². The van der Waals surface area contributed by atoms with E-state index in [1.807, 2.05) is 54.6 Å². The van der Waals surface area contributed by atoms with E-state index in [2.05, 4.69) is 6.07 Å². The maximum Gasteiger partial charge on any atom is 0.119 e. The first-order chi connectivity index (χ1) is 8.88. The Bertz CT molecular complexity index is 511. The Balaban J connectivity index is 1.74. The van der Waals surface area contributed by atoms with E-state index in [1.54, 1.807) is 0 Å². The van der Waals surface area contributed by atoms with Crippen LogP contribution in [0.5, 0.6) is 5.75 Å². The van der Waals surface area contributed by atoms with Crippen molar-refractivity contribution < 1.29 is 4.74 Å². The van der Waals surface area contributed by atoms with Crippen molar-refractivity contribution in [3.05, 3.63) is 65.7 Å². The number of rotatable bonds is 5. The monoisotopic (exact) mass is 237 g/mol. The molecule has 0 heterocycles. The molecule has 0 atom stereocenters. The number of nitrogens with zero attached hydrogens (tertiary/aromatic N) is 1. The molecule has 2 rings (SSSR count). The van der Waals surface area contributed by atoms with Crippen molar-refractivity contribution >= 4 is 0 Å². The van der Waals surface area contributed by atoms with Gasteiger partial charge < -0.3 is 4.74 Å². The molecule has 0 aliphatic rings. The lowest BCUT2D eigenvalue weighted by molar-refractivity contribution is 0.311. The van der Waals surface area contributed by atoms with Gasteiger partial charge in [0.25, 0.3) is 0 Å². The normalized spacial score (nSPS) is 9.72. The zero-order valence-electron chi connectivity index (χ0n) is 10.2. The largest absolute Gasteiger partial charge is 0.494 e. The molecular weight excluding hydrogens is 222 g/mol. The Morgan fingerprint density at radius 2 is 1.67 bits per heavy atom. The minimum atomic E-state index is 0.708. The van der Waals surface area contributed by atoms with Gasteiger partial charge in [0.15, 0.2) is 0 Å². The highest BCUT2D eigenvalue weighted by Gasteiger charge is 1.96. The second-order valence-electron chi connectivity index (χ2n) is 4.07. The highest BCUT2D eigenvalue weighted by atomic mass is 16.5. The molecule has 0 aliphatic carbocycles. The molecule has 2 aromatic rings. The maximum absolute atomic E-state index is 8.70. The Morgan fingerprint density at radius 3 is 2.33 bits per heavy atom. The van der Waals surface area contributed by atoms with E-state index in [0.29, 0.717) is 12.2 Å². The maximum atomic E-state index is 8.70. The molecule has 0 saturated carbocycles.